The van der Waals surface area contributed by atoms with Crippen LogP contribution in [0.1, 0.15) is 28.8 Å². The van der Waals surface area contributed by atoms with Gasteiger partial charge in [0, 0.05) is 24.3 Å². The monoisotopic (exact) mass is 234 g/mol. The number of carbonyl (C=O) groups excluding carboxylic acids is 1. The maximum atomic E-state index is 10.9. The highest BCUT2D eigenvalue weighted by Gasteiger charge is 2.15. The van der Waals surface area contributed by atoms with Gasteiger partial charge in [-0.05, 0) is 51.6 Å². The van der Waals surface area contributed by atoms with Crippen LogP contribution < -0.4 is 10.2 Å². The quantitative estimate of drug-likeness (QED) is 0.797. The average molecular weight is 234 g/mol. The Morgan fingerprint density at radius 3 is 2.35 bits per heavy atom. The summed E-state index contributed by atoms with van der Waals surface area (Å²) >= 11 is 0. The molecule has 0 aromatic heterocycles. The van der Waals surface area contributed by atoms with Crippen molar-refractivity contribution in [2.45, 2.75) is 19.8 Å². The van der Waals surface area contributed by atoms with Gasteiger partial charge in [-0.15, -0.1) is 0 Å². The molecular weight excluding hydrogens is 212 g/mol. The van der Waals surface area contributed by atoms with Crippen molar-refractivity contribution in [3.63, 3.8) is 0 Å². The second-order valence-corrected chi connectivity index (χ2v) is 4.37. The van der Waals surface area contributed by atoms with Gasteiger partial charge in [-0.25, -0.2) is 0 Å². The van der Waals surface area contributed by atoms with E-state index in [1.54, 1.807) is 0 Å². The molecule has 0 unspecified atom stereocenters. The van der Waals surface area contributed by atoms with Gasteiger partial charge in [-0.3, -0.25) is 4.79 Å². The molecule has 17 heavy (non-hydrogen) atoms. The molecule has 0 spiro atoms. The Bertz CT molecular complexity index is 357. The molecule has 1 aromatic carbocycles. The summed E-state index contributed by atoms with van der Waals surface area (Å²) in [5.74, 6) is 0. The van der Waals surface area contributed by atoms with Crippen LogP contribution in [0.25, 0.3) is 0 Å². The van der Waals surface area contributed by atoms with Crippen LogP contribution in [0.5, 0.6) is 0 Å². The number of nitrogens with zero attached hydrogens (tertiary/aromatic N) is 1. The molecule has 1 fully saturated rings. The molecule has 0 aliphatic carbocycles. The van der Waals surface area contributed by atoms with Crippen LogP contribution in [0.2, 0.25) is 0 Å². The Hall–Kier alpha value is -1.35. The summed E-state index contributed by atoms with van der Waals surface area (Å²) in [6.45, 7) is 4.24. The largest absolute Gasteiger partial charge is 0.371 e. The highest BCUT2D eigenvalue weighted by Crippen LogP contribution is 2.24. The fourth-order valence-corrected chi connectivity index (χ4v) is 1.99. The van der Waals surface area contributed by atoms with Crippen LogP contribution in [0.4, 0.5) is 5.69 Å². The molecule has 1 heterocycles. The van der Waals surface area contributed by atoms with Crippen LogP contribution in [0.15, 0.2) is 18.2 Å². The number of nitrogens with one attached hydrogen (secondary N) is 1. The lowest BCUT2D eigenvalue weighted by molar-refractivity contribution is 0.112. The third-order valence-corrected chi connectivity index (χ3v) is 2.76. The molecule has 1 aromatic rings. The second-order valence-electron chi connectivity index (χ2n) is 4.37. The molecule has 0 amide bonds. The Morgan fingerprint density at radius 2 is 1.82 bits per heavy atom. The first-order valence-corrected chi connectivity index (χ1v) is 6.12. The van der Waals surface area contributed by atoms with Gasteiger partial charge in [0.15, 0.2) is 6.29 Å². The third-order valence-electron chi connectivity index (χ3n) is 2.76. The number of hydrogen-bond donors (Lipinski definition) is 1. The SMILES string of the molecule is CNC.Cc1ccc(C=O)c(N2CCCC2)c1. The zero-order valence-electron chi connectivity index (χ0n) is 11.0. The fraction of sp³-hybridized carbons (Fsp3) is 0.500. The molecule has 0 atom stereocenters. The van der Waals surface area contributed by atoms with Gasteiger partial charge in [0.05, 0.1) is 0 Å². The molecule has 2 rings (SSSR count). The number of aldehydes is 1. The van der Waals surface area contributed by atoms with Crippen molar-refractivity contribution < 1.29 is 4.79 Å². The van der Waals surface area contributed by atoms with Crippen LogP contribution >= 0.6 is 0 Å². The van der Waals surface area contributed by atoms with Crippen molar-refractivity contribution in [2.24, 2.45) is 0 Å². The van der Waals surface area contributed by atoms with Gasteiger partial charge in [0.1, 0.15) is 0 Å². The standard InChI is InChI=1S/C12H15NO.C2H7N/c1-10-4-5-11(9-14)12(8-10)13-6-2-3-7-13;1-3-2/h4-5,8-9H,2-3,6-7H2,1H3;3H,1-2H3. The summed E-state index contributed by atoms with van der Waals surface area (Å²) in [5, 5.41) is 2.75. The summed E-state index contributed by atoms with van der Waals surface area (Å²) in [6, 6.07) is 6.01. The van der Waals surface area contributed by atoms with Crippen LogP contribution in [-0.4, -0.2) is 33.5 Å². The first-order valence-electron chi connectivity index (χ1n) is 6.12. The highest BCUT2D eigenvalue weighted by atomic mass is 16.1. The molecule has 1 aliphatic rings. The average Bonchev–Trinajstić information content (AvgIpc) is 2.83. The molecule has 0 bridgehead atoms. The summed E-state index contributed by atoms with van der Waals surface area (Å²) < 4.78 is 0. The number of benzene rings is 1. The minimum Gasteiger partial charge on any atom is -0.371 e. The minimum atomic E-state index is 0.817. The van der Waals surface area contributed by atoms with Gasteiger partial charge >= 0.3 is 0 Å². The number of carbonyl (C=O) groups is 1. The second kappa shape index (κ2) is 7.07. The maximum absolute atomic E-state index is 10.9. The molecule has 94 valence electrons. The predicted octanol–water partition coefficient (Wildman–Crippen LogP) is 2.24. The van der Waals surface area contributed by atoms with Crippen molar-refractivity contribution in [2.75, 3.05) is 32.1 Å². The molecule has 3 heteroatoms. The van der Waals surface area contributed by atoms with Crippen molar-refractivity contribution in [3.05, 3.63) is 29.3 Å². The van der Waals surface area contributed by atoms with Crippen molar-refractivity contribution in [1.29, 1.82) is 0 Å². The number of anilines is 1. The first-order chi connectivity index (χ1) is 8.22. The van der Waals surface area contributed by atoms with Gasteiger partial charge in [-0.2, -0.15) is 0 Å². The Balaban J connectivity index is 0.000000437. The zero-order valence-corrected chi connectivity index (χ0v) is 11.0. The fourth-order valence-electron chi connectivity index (χ4n) is 1.99. The van der Waals surface area contributed by atoms with E-state index < -0.39 is 0 Å². The highest BCUT2D eigenvalue weighted by molar-refractivity contribution is 5.85. The molecule has 0 saturated carbocycles. The number of hydrogen-bond acceptors (Lipinski definition) is 3. The van der Waals surface area contributed by atoms with Gasteiger partial charge in [0.2, 0.25) is 0 Å². The predicted molar refractivity (Wildman–Crippen MR) is 73.0 cm³/mol. The van der Waals surface area contributed by atoms with E-state index >= 15 is 0 Å². The number of rotatable bonds is 2. The number of aryl methyl sites for hydroxylation is 1. The lowest BCUT2D eigenvalue weighted by Crippen LogP contribution is -2.19. The van der Waals surface area contributed by atoms with Crippen LogP contribution in [0, 0.1) is 6.92 Å². The summed E-state index contributed by atoms with van der Waals surface area (Å²) in [7, 11) is 3.75. The van der Waals surface area contributed by atoms with Crippen LogP contribution in [-0.2, 0) is 0 Å². The topological polar surface area (TPSA) is 32.3 Å². The summed E-state index contributed by atoms with van der Waals surface area (Å²) in [5.41, 5.74) is 3.15. The van der Waals surface area contributed by atoms with Gasteiger partial charge in [0.25, 0.3) is 0 Å². The Morgan fingerprint density at radius 1 is 1.24 bits per heavy atom. The first kappa shape index (κ1) is 13.7. The van der Waals surface area contributed by atoms with E-state index in [0.717, 1.165) is 30.6 Å². The van der Waals surface area contributed by atoms with Gasteiger partial charge < -0.3 is 10.2 Å². The van der Waals surface area contributed by atoms with E-state index in [1.165, 1.54) is 18.4 Å². The van der Waals surface area contributed by atoms with Crippen molar-refractivity contribution in [1.82, 2.24) is 5.32 Å². The lowest BCUT2D eigenvalue weighted by atomic mass is 10.1. The van der Waals surface area contributed by atoms with Crippen molar-refractivity contribution in [3.8, 4) is 0 Å². The normalized spacial score (nSPS) is 14.2. The van der Waals surface area contributed by atoms with E-state index in [2.05, 4.69) is 23.2 Å². The molecule has 1 aliphatic heterocycles. The molecular formula is C14H22N2O. The zero-order chi connectivity index (χ0) is 12.7. The smallest absolute Gasteiger partial charge is 0.152 e. The molecule has 1 N–H and O–H groups in total. The van der Waals surface area contributed by atoms with E-state index in [4.69, 9.17) is 0 Å². The maximum Gasteiger partial charge on any atom is 0.152 e. The molecule has 1 saturated heterocycles. The van der Waals surface area contributed by atoms with Crippen LogP contribution in [0.3, 0.4) is 0 Å². The van der Waals surface area contributed by atoms with Crippen molar-refractivity contribution >= 4 is 12.0 Å². The van der Waals surface area contributed by atoms with E-state index in [1.807, 2.05) is 26.2 Å². The summed E-state index contributed by atoms with van der Waals surface area (Å²) in [6.07, 6.45) is 3.44. The Kier molecular flexibility index (Phi) is 5.70. The van der Waals surface area contributed by atoms with E-state index in [9.17, 15) is 4.79 Å². The molecule has 0 radical (unpaired) electrons. The summed E-state index contributed by atoms with van der Waals surface area (Å²) in [4.78, 5) is 13.2. The minimum absolute atomic E-state index is 0.817. The molecule has 3 nitrogen and oxygen atoms in total. The third kappa shape index (κ3) is 3.86. The van der Waals surface area contributed by atoms with Gasteiger partial charge in [-0.1, -0.05) is 6.07 Å². The Labute approximate surface area is 104 Å². The van der Waals surface area contributed by atoms with E-state index in [-0.39, 0.29) is 0 Å². The lowest BCUT2D eigenvalue weighted by Gasteiger charge is -2.19. The van der Waals surface area contributed by atoms with E-state index in [0.29, 0.717) is 0 Å².